The van der Waals surface area contributed by atoms with E-state index in [0.717, 1.165) is 0 Å². The van der Waals surface area contributed by atoms with Crippen LogP contribution in [0.1, 0.15) is 17.3 Å². The highest BCUT2D eigenvalue weighted by Gasteiger charge is 2.36. The van der Waals surface area contributed by atoms with Crippen LogP contribution in [0.25, 0.3) is 0 Å². The third kappa shape index (κ3) is 3.76. The van der Waals surface area contributed by atoms with Gasteiger partial charge in [-0.05, 0) is 24.1 Å². The maximum atomic E-state index is 12.1. The van der Waals surface area contributed by atoms with E-state index in [9.17, 15) is 14.4 Å². The lowest BCUT2D eigenvalue weighted by Gasteiger charge is -2.16. The molecule has 1 aromatic carbocycles. The number of carboxylic acid groups (broad SMARTS) is 1. The number of rotatable bonds is 4. The Hall–Kier alpha value is -2.08. The Morgan fingerprint density at radius 2 is 2.09 bits per heavy atom. The first kappa shape index (κ1) is 16.3. The maximum Gasteiger partial charge on any atom is 0.308 e. The van der Waals surface area contributed by atoms with Crippen LogP contribution in [0.15, 0.2) is 24.3 Å². The average Bonchev–Trinajstić information content (AvgIpc) is 2.86. The number of carbonyl (C=O) groups excluding carboxylic acids is 2. The molecule has 1 fully saturated rings. The number of nitrogens with one attached hydrogen (secondary N) is 1. The minimum absolute atomic E-state index is 0.0925. The Morgan fingerprint density at radius 1 is 1.36 bits per heavy atom. The molecule has 1 aliphatic rings. The number of hydrogen-bond acceptors (Lipinski definition) is 3. The number of carbonyl (C=O) groups is 3. The fourth-order valence-electron chi connectivity index (χ4n) is 2.49. The van der Waals surface area contributed by atoms with Gasteiger partial charge in [-0.2, -0.15) is 0 Å². The summed E-state index contributed by atoms with van der Waals surface area (Å²) in [5, 5.41) is 12.0. The topological polar surface area (TPSA) is 86.7 Å². The fraction of sp³-hybridized carbons (Fsp3) is 0.400. The SMILES string of the molecule is C[C@@H]1CN(C(=O)CNC(=O)c2cccc(Cl)c2)C[C@H]1C(=O)O. The number of likely N-dealkylation sites (tertiary alicyclic amines) is 1. The van der Waals surface area contributed by atoms with Crippen LogP contribution in [0.4, 0.5) is 0 Å². The quantitative estimate of drug-likeness (QED) is 0.872. The predicted octanol–water partition coefficient (Wildman–Crippen LogP) is 1.25. The first-order valence-electron chi connectivity index (χ1n) is 6.93. The van der Waals surface area contributed by atoms with Crippen molar-refractivity contribution in [3.63, 3.8) is 0 Å². The zero-order valence-electron chi connectivity index (χ0n) is 12.1. The second kappa shape index (κ2) is 6.79. The highest BCUT2D eigenvalue weighted by Crippen LogP contribution is 2.22. The van der Waals surface area contributed by atoms with Crippen molar-refractivity contribution in [2.45, 2.75) is 6.92 Å². The number of benzene rings is 1. The molecule has 0 unspecified atom stereocenters. The molecule has 7 heteroatoms. The third-order valence-electron chi connectivity index (χ3n) is 3.77. The maximum absolute atomic E-state index is 12.1. The van der Waals surface area contributed by atoms with Gasteiger partial charge in [0.2, 0.25) is 5.91 Å². The summed E-state index contributed by atoms with van der Waals surface area (Å²) in [6.45, 7) is 2.21. The molecular weight excluding hydrogens is 308 g/mol. The van der Waals surface area contributed by atoms with E-state index in [0.29, 0.717) is 17.1 Å². The molecule has 1 aromatic rings. The lowest BCUT2D eigenvalue weighted by molar-refractivity contribution is -0.142. The minimum atomic E-state index is -0.897. The highest BCUT2D eigenvalue weighted by molar-refractivity contribution is 6.30. The second-order valence-corrected chi connectivity index (χ2v) is 5.85. The van der Waals surface area contributed by atoms with Crippen LogP contribution in [-0.2, 0) is 9.59 Å². The summed E-state index contributed by atoms with van der Waals surface area (Å²) in [4.78, 5) is 36.5. The minimum Gasteiger partial charge on any atom is -0.481 e. The highest BCUT2D eigenvalue weighted by atomic mass is 35.5. The third-order valence-corrected chi connectivity index (χ3v) is 4.00. The summed E-state index contributed by atoms with van der Waals surface area (Å²) < 4.78 is 0. The van der Waals surface area contributed by atoms with Gasteiger partial charge in [-0.25, -0.2) is 0 Å². The van der Waals surface area contributed by atoms with Gasteiger partial charge in [0.25, 0.3) is 5.91 Å². The van der Waals surface area contributed by atoms with Crippen molar-refractivity contribution in [3.8, 4) is 0 Å². The molecule has 0 saturated carbocycles. The molecule has 2 atom stereocenters. The monoisotopic (exact) mass is 324 g/mol. The zero-order chi connectivity index (χ0) is 16.3. The summed E-state index contributed by atoms with van der Waals surface area (Å²) in [5.74, 6) is -2.22. The van der Waals surface area contributed by atoms with Crippen molar-refractivity contribution in [1.82, 2.24) is 10.2 Å². The van der Waals surface area contributed by atoms with E-state index >= 15 is 0 Å². The fourth-order valence-corrected chi connectivity index (χ4v) is 2.68. The van der Waals surface area contributed by atoms with E-state index in [4.69, 9.17) is 16.7 Å². The molecule has 1 aliphatic heterocycles. The first-order chi connectivity index (χ1) is 10.4. The van der Waals surface area contributed by atoms with Gasteiger partial charge in [0.05, 0.1) is 12.5 Å². The number of hydrogen-bond donors (Lipinski definition) is 2. The smallest absolute Gasteiger partial charge is 0.308 e. The second-order valence-electron chi connectivity index (χ2n) is 5.41. The first-order valence-corrected chi connectivity index (χ1v) is 7.30. The van der Waals surface area contributed by atoms with Crippen molar-refractivity contribution < 1.29 is 19.5 Å². The van der Waals surface area contributed by atoms with Crippen LogP contribution in [0.5, 0.6) is 0 Å². The van der Waals surface area contributed by atoms with Gasteiger partial charge in [-0.15, -0.1) is 0 Å². The lowest BCUT2D eigenvalue weighted by atomic mass is 9.99. The van der Waals surface area contributed by atoms with Crippen LogP contribution in [0.2, 0.25) is 5.02 Å². The van der Waals surface area contributed by atoms with Crippen LogP contribution in [-0.4, -0.2) is 47.4 Å². The van der Waals surface area contributed by atoms with Gasteiger partial charge >= 0.3 is 5.97 Å². The summed E-state index contributed by atoms with van der Waals surface area (Å²) in [6.07, 6.45) is 0. The molecule has 1 heterocycles. The van der Waals surface area contributed by atoms with Crippen molar-refractivity contribution in [1.29, 1.82) is 0 Å². The molecule has 22 heavy (non-hydrogen) atoms. The molecule has 118 valence electrons. The van der Waals surface area contributed by atoms with Crippen LogP contribution >= 0.6 is 11.6 Å². The predicted molar refractivity (Wildman–Crippen MR) is 80.7 cm³/mol. The normalized spacial score (nSPS) is 20.7. The molecule has 0 aliphatic carbocycles. The molecule has 0 radical (unpaired) electrons. The Balaban J connectivity index is 1.88. The van der Waals surface area contributed by atoms with Crippen molar-refractivity contribution in [3.05, 3.63) is 34.9 Å². The summed E-state index contributed by atoms with van der Waals surface area (Å²) >= 11 is 5.81. The standard InChI is InChI=1S/C15H17ClN2O4/c1-9-7-18(8-12(9)15(21)22)13(19)6-17-14(20)10-3-2-4-11(16)5-10/h2-5,9,12H,6-8H2,1H3,(H,17,20)(H,21,22)/t9-,12-/m1/s1. The van der Waals surface area contributed by atoms with E-state index in [2.05, 4.69) is 5.32 Å². The van der Waals surface area contributed by atoms with Gasteiger partial charge in [-0.3, -0.25) is 14.4 Å². The molecule has 0 aromatic heterocycles. The van der Waals surface area contributed by atoms with Crippen molar-refractivity contribution in [2.75, 3.05) is 19.6 Å². The average molecular weight is 325 g/mol. The molecule has 2 rings (SSSR count). The number of amides is 2. The van der Waals surface area contributed by atoms with Gasteiger partial charge in [0.15, 0.2) is 0 Å². The van der Waals surface area contributed by atoms with E-state index in [-0.39, 0.29) is 24.9 Å². The molecule has 2 N–H and O–H groups in total. The number of halogens is 1. The number of carboxylic acids is 1. The zero-order valence-corrected chi connectivity index (χ0v) is 12.8. The largest absolute Gasteiger partial charge is 0.481 e. The van der Waals surface area contributed by atoms with E-state index in [1.54, 1.807) is 25.1 Å². The van der Waals surface area contributed by atoms with E-state index in [1.165, 1.54) is 11.0 Å². The molecule has 6 nitrogen and oxygen atoms in total. The number of aliphatic carboxylic acids is 1. The molecule has 1 saturated heterocycles. The molecule has 0 bridgehead atoms. The number of nitrogens with zero attached hydrogens (tertiary/aromatic N) is 1. The van der Waals surface area contributed by atoms with Gasteiger partial charge in [0.1, 0.15) is 0 Å². The molecule has 2 amide bonds. The van der Waals surface area contributed by atoms with E-state index in [1.807, 2.05) is 0 Å². The van der Waals surface area contributed by atoms with Crippen LogP contribution in [0, 0.1) is 11.8 Å². The summed E-state index contributed by atoms with van der Waals surface area (Å²) in [7, 11) is 0. The summed E-state index contributed by atoms with van der Waals surface area (Å²) in [5.41, 5.74) is 0.374. The van der Waals surface area contributed by atoms with Crippen molar-refractivity contribution in [2.24, 2.45) is 11.8 Å². The van der Waals surface area contributed by atoms with E-state index < -0.39 is 17.8 Å². The van der Waals surface area contributed by atoms with Gasteiger partial charge < -0.3 is 15.3 Å². The molecule has 0 spiro atoms. The molecular formula is C15H17ClN2O4. The van der Waals surface area contributed by atoms with Crippen LogP contribution in [0.3, 0.4) is 0 Å². The lowest BCUT2D eigenvalue weighted by Crippen LogP contribution is -2.39. The summed E-state index contributed by atoms with van der Waals surface area (Å²) in [6, 6.07) is 6.42. The Kier molecular flexibility index (Phi) is 5.03. The Bertz CT molecular complexity index is 605. The Morgan fingerprint density at radius 3 is 2.68 bits per heavy atom. The van der Waals surface area contributed by atoms with Crippen LogP contribution < -0.4 is 5.32 Å². The Labute approximate surface area is 133 Å². The van der Waals surface area contributed by atoms with Gasteiger partial charge in [0, 0.05) is 23.7 Å². The van der Waals surface area contributed by atoms with Gasteiger partial charge in [-0.1, -0.05) is 24.6 Å². The van der Waals surface area contributed by atoms with Crippen molar-refractivity contribution >= 4 is 29.4 Å².